The van der Waals surface area contributed by atoms with Crippen LogP contribution < -0.4 is 0 Å². The number of carboxylic acids is 1. The normalized spacial score (nSPS) is 21.3. The van der Waals surface area contributed by atoms with Crippen LogP contribution >= 0.6 is 0 Å². The van der Waals surface area contributed by atoms with Crippen molar-refractivity contribution in [2.24, 2.45) is 0 Å². The van der Waals surface area contributed by atoms with Crippen molar-refractivity contribution in [1.82, 2.24) is 0 Å². The molecule has 23 heavy (non-hydrogen) atoms. The van der Waals surface area contributed by atoms with Crippen molar-refractivity contribution >= 4 is 5.97 Å². The molecule has 0 unspecified atom stereocenters. The van der Waals surface area contributed by atoms with Crippen molar-refractivity contribution in [1.29, 1.82) is 0 Å². The number of carboxylic acid groups (broad SMARTS) is 1. The number of ether oxygens (including phenoxy) is 1. The SMILES string of the molecule is CCC=CC[C@H]1O[C@H]1CC=CCC=CCC=CCCCC(=O)O. The Bertz CT molecular complexity index is 432. The van der Waals surface area contributed by atoms with Crippen LogP contribution in [0.3, 0.4) is 0 Å². The predicted octanol–water partition coefficient (Wildman–Crippen LogP) is 5.20. The fourth-order valence-corrected chi connectivity index (χ4v) is 2.25. The number of hydrogen-bond donors (Lipinski definition) is 1. The van der Waals surface area contributed by atoms with E-state index >= 15 is 0 Å². The topological polar surface area (TPSA) is 49.8 Å². The molecule has 0 saturated carbocycles. The van der Waals surface area contributed by atoms with Crippen molar-refractivity contribution in [3.05, 3.63) is 48.6 Å². The second-order valence-corrected chi connectivity index (χ2v) is 5.74. The van der Waals surface area contributed by atoms with E-state index in [9.17, 15) is 4.79 Å². The molecular weight excluding hydrogens is 288 g/mol. The van der Waals surface area contributed by atoms with E-state index in [0.717, 1.165) is 44.9 Å². The summed E-state index contributed by atoms with van der Waals surface area (Å²) in [6.45, 7) is 2.15. The highest BCUT2D eigenvalue weighted by Crippen LogP contribution is 2.28. The molecule has 128 valence electrons. The van der Waals surface area contributed by atoms with Crippen LogP contribution in [0.25, 0.3) is 0 Å². The first kappa shape index (κ1) is 19.4. The molecule has 0 aromatic carbocycles. The van der Waals surface area contributed by atoms with Gasteiger partial charge in [-0.05, 0) is 44.9 Å². The molecule has 1 N–H and O–H groups in total. The monoisotopic (exact) mass is 318 g/mol. The van der Waals surface area contributed by atoms with Crippen LogP contribution in [-0.2, 0) is 9.53 Å². The molecule has 3 nitrogen and oxygen atoms in total. The third-order valence-corrected chi connectivity index (χ3v) is 3.63. The largest absolute Gasteiger partial charge is 0.481 e. The lowest BCUT2D eigenvalue weighted by Gasteiger charge is -1.90. The first-order valence-electron chi connectivity index (χ1n) is 8.71. The third kappa shape index (κ3) is 11.6. The Labute approximate surface area is 140 Å². The van der Waals surface area contributed by atoms with Crippen molar-refractivity contribution in [3.8, 4) is 0 Å². The Morgan fingerprint density at radius 3 is 2.09 bits per heavy atom. The molecule has 1 rings (SSSR count). The maximum absolute atomic E-state index is 10.3. The van der Waals surface area contributed by atoms with Gasteiger partial charge in [-0.3, -0.25) is 4.79 Å². The quantitative estimate of drug-likeness (QED) is 0.288. The summed E-state index contributed by atoms with van der Waals surface area (Å²) < 4.78 is 5.60. The van der Waals surface area contributed by atoms with Crippen molar-refractivity contribution in [3.63, 3.8) is 0 Å². The van der Waals surface area contributed by atoms with Gasteiger partial charge in [0.2, 0.25) is 0 Å². The first-order valence-corrected chi connectivity index (χ1v) is 8.71. The Balaban J connectivity index is 1.93. The van der Waals surface area contributed by atoms with Gasteiger partial charge in [0, 0.05) is 6.42 Å². The molecule has 1 saturated heterocycles. The van der Waals surface area contributed by atoms with Crippen LogP contribution in [0.4, 0.5) is 0 Å². The summed E-state index contributed by atoms with van der Waals surface area (Å²) in [6.07, 6.45) is 25.0. The molecular formula is C20H30O3. The van der Waals surface area contributed by atoms with Gasteiger partial charge in [-0.2, -0.15) is 0 Å². The van der Waals surface area contributed by atoms with Gasteiger partial charge in [0.05, 0.1) is 12.2 Å². The van der Waals surface area contributed by atoms with E-state index in [1.807, 2.05) is 0 Å². The number of hydrogen-bond acceptors (Lipinski definition) is 2. The van der Waals surface area contributed by atoms with Crippen LogP contribution in [0.5, 0.6) is 0 Å². The molecule has 1 aliphatic rings. The predicted molar refractivity (Wildman–Crippen MR) is 95.5 cm³/mol. The van der Waals surface area contributed by atoms with Gasteiger partial charge >= 0.3 is 5.97 Å². The zero-order chi connectivity index (χ0) is 16.8. The molecule has 0 spiro atoms. The highest BCUT2D eigenvalue weighted by Gasteiger charge is 2.35. The molecule has 0 amide bonds. The number of epoxide rings is 1. The summed E-state index contributed by atoms with van der Waals surface area (Å²) in [5.74, 6) is -0.717. The molecule has 0 aromatic rings. The van der Waals surface area contributed by atoms with Crippen molar-refractivity contribution in [2.45, 2.75) is 70.5 Å². The number of carbonyl (C=O) groups is 1. The Kier molecular flexibility index (Phi) is 10.9. The van der Waals surface area contributed by atoms with Crippen molar-refractivity contribution < 1.29 is 14.6 Å². The van der Waals surface area contributed by atoms with Crippen LogP contribution in [0, 0.1) is 0 Å². The summed E-state index contributed by atoms with van der Waals surface area (Å²) in [7, 11) is 0. The molecule has 1 aliphatic heterocycles. The van der Waals surface area contributed by atoms with Crippen LogP contribution in [0.1, 0.15) is 58.3 Å². The number of unbranched alkanes of at least 4 members (excludes halogenated alkanes) is 1. The van der Waals surface area contributed by atoms with Crippen molar-refractivity contribution in [2.75, 3.05) is 0 Å². The van der Waals surface area contributed by atoms with Crippen LogP contribution in [0.15, 0.2) is 48.6 Å². The Hall–Kier alpha value is -1.61. The smallest absolute Gasteiger partial charge is 0.303 e. The second kappa shape index (κ2) is 12.9. The molecule has 1 fully saturated rings. The number of aliphatic carboxylic acids is 1. The summed E-state index contributed by atoms with van der Waals surface area (Å²) in [6, 6.07) is 0. The molecule has 0 bridgehead atoms. The zero-order valence-corrected chi connectivity index (χ0v) is 14.2. The number of allylic oxidation sites excluding steroid dienone is 6. The van der Waals surface area contributed by atoms with E-state index in [1.54, 1.807) is 0 Å². The lowest BCUT2D eigenvalue weighted by atomic mass is 10.1. The van der Waals surface area contributed by atoms with Gasteiger partial charge in [0.1, 0.15) is 0 Å². The van der Waals surface area contributed by atoms with Gasteiger partial charge in [0.25, 0.3) is 0 Å². The fourth-order valence-electron chi connectivity index (χ4n) is 2.25. The minimum atomic E-state index is -0.717. The maximum Gasteiger partial charge on any atom is 0.303 e. The van der Waals surface area contributed by atoms with E-state index < -0.39 is 5.97 Å². The lowest BCUT2D eigenvalue weighted by Crippen LogP contribution is -1.92. The van der Waals surface area contributed by atoms with E-state index in [-0.39, 0.29) is 6.42 Å². The van der Waals surface area contributed by atoms with Gasteiger partial charge < -0.3 is 9.84 Å². The summed E-state index contributed by atoms with van der Waals surface area (Å²) >= 11 is 0. The average molecular weight is 318 g/mol. The third-order valence-electron chi connectivity index (χ3n) is 3.63. The molecule has 1 heterocycles. The molecule has 0 aliphatic carbocycles. The van der Waals surface area contributed by atoms with E-state index in [0.29, 0.717) is 12.2 Å². The van der Waals surface area contributed by atoms with E-state index in [2.05, 4.69) is 55.5 Å². The zero-order valence-electron chi connectivity index (χ0n) is 14.2. The fraction of sp³-hybridized carbons (Fsp3) is 0.550. The lowest BCUT2D eigenvalue weighted by molar-refractivity contribution is -0.137. The average Bonchev–Trinajstić information content (AvgIpc) is 3.27. The van der Waals surface area contributed by atoms with Gasteiger partial charge in [0.15, 0.2) is 0 Å². The van der Waals surface area contributed by atoms with E-state index in [4.69, 9.17) is 9.84 Å². The minimum absolute atomic E-state index is 0.255. The summed E-state index contributed by atoms with van der Waals surface area (Å²) in [5.41, 5.74) is 0. The van der Waals surface area contributed by atoms with Crippen LogP contribution in [-0.4, -0.2) is 23.3 Å². The van der Waals surface area contributed by atoms with Gasteiger partial charge in [-0.1, -0.05) is 55.5 Å². The van der Waals surface area contributed by atoms with Gasteiger partial charge in [-0.15, -0.1) is 0 Å². The highest BCUT2D eigenvalue weighted by atomic mass is 16.6. The molecule has 0 radical (unpaired) electrons. The Morgan fingerprint density at radius 2 is 1.48 bits per heavy atom. The molecule has 3 heteroatoms. The maximum atomic E-state index is 10.3. The number of rotatable bonds is 13. The standard InChI is InChI=1S/C20H30O3/c1-2-3-12-15-18-19(23-18)16-13-10-8-6-4-5-7-9-11-14-17-20(21)22/h3-4,6-7,9-10,12-13,18-19H,2,5,8,11,14-17H2,1H3,(H,21,22)/t18-,19+/m1/s1. The summed E-state index contributed by atoms with van der Waals surface area (Å²) in [5, 5.41) is 8.51. The minimum Gasteiger partial charge on any atom is -0.481 e. The van der Waals surface area contributed by atoms with E-state index in [1.165, 1.54) is 0 Å². The summed E-state index contributed by atoms with van der Waals surface area (Å²) in [4.78, 5) is 10.3. The molecule has 2 atom stereocenters. The Morgan fingerprint density at radius 1 is 0.913 bits per heavy atom. The van der Waals surface area contributed by atoms with Gasteiger partial charge in [-0.25, -0.2) is 0 Å². The molecule has 0 aromatic heterocycles. The first-order chi connectivity index (χ1) is 11.2. The van der Waals surface area contributed by atoms with Crippen LogP contribution in [0.2, 0.25) is 0 Å². The second-order valence-electron chi connectivity index (χ2n) is 5.74. The highest BCUT2D eigenvalue weighted by molar-refractivity contribution is 5.66.